The molecule has 1 N–H and O–H groups in total. The molecular formula is C28H31F6N3O3. The van der Waals surface area contributed by atoms with Gasteiger partial charge in [-0.25, -0.2) is 0 Å². The van der Waals surface area contributed by atoms with Crippen LogP contribution in [0.2, 0.25) is 0 Å². The van der Waals surface area contributed by atoms with Crippen molar-refractivity contribution in [3.8, 4) is 0 Å². The summed E-state index contributed by atoms with van der Waals surface area (Å²) in [4.78, 5) is 30.8. The molecule has 2 aromatic rings. The summed E-state index contributed by atoms with van der Waals surface area (Å²) in [6, 6.07) is 6.57. The Labute approximate surface area is 228 Å². The van der Waals surface area contributed by atoms with Gasteiger partial charge in [-0.1, -0.05) is 32.0 Å². The predicted octanol–water partition coefficient (Wildman–Crippen LogP) is 5.88. The number of halogens is 6. The van der Waals surface area contributed by atoms with Gasteiger partial charge in [-0.15, -0.1) is 0 Å². The molecule has 0 aliphatic carbocycles. The van der Waals surface area contributed by atoms with Crippen LogP contribution >= 0.6 is 0 Å². The molecule has 12 heteroatoms. The summed E-state index contributed by atoms with van der Waals surface area (Å²) in [6.45, 7) is 8.36. The van der Waals surface area contributed by atoms with Gasteiger partial charge in [-0.2, -0.15) is 26.3 Å². The van der Waals surface area contributed by atoms with Crippen LogP contribution in [0.4, 0.5) is 37.7 Å². The fourth-order valence-corrected chi connectivity index (χ4v) is 5.31. The van der Waals surface area contributed by atoms with Gasteiger partial charge in [0.05, 0.1) is 35.4 Å². The molecule has 2 aliphatic rings. The topological polar surface area (TPSA) is 61.9 Å². The number of hydrogen-bond acceptors (Lipinski definition) is 4. The Morgan fingerprint density at radius 2 is 1.62 bits per heavy atom. The quantitative estimate of drug-likeness (QED) is 0.440. The van der Waals surface area contributed by atoms with E-state index < -0.39 is 46.4 Å². The highest BCUT2D eigenvalue weighted by atomic mass is 19.4. The molecule has 0 bridgehead atoms. The van der Waals surface area contributed by atoms with Crippen LogP contribution in [0.5, 0.6) is 0 Å². The minimum absolute atomic E-state index is 0.00285. The lowest BCUT2D eigenvalue weighted by Gasteiger charge is -2.33. The molecule has 0 spiro atoms. The Morgan fingerprint density at radius 1 is 1.02 bits per heavy atom. The molecule has 40 heavy (non-hydrogen) atoms. The third-order valence-corrected chi connectivity index (χ3v) is 7.70. The van der Waals surface area contributed by atoms with Crippen molar-refractivity contribution >= 4 is 23.2 Å². The van der Waals surface area contributed by atoms with E-state index in [9.17, 15) is 35.9 Å². The van der Waals surface area contributed by atoms with E-state index in [1.807, 2.05) is 25.1 Å². The van der Waals surface area contributed by atoms with Crippen molar-refractivity contribution in [3.63, 3.8) is 0 Å². The van der Waals surface area contributed by atoms with E-state index in [-0.39, 0.29) is 24.9 Å². The summed E-state index contributed by atoms with van der Waals surface area (Å²) < 4.78 is 85.6. The van der Waals surface area contributed by atoms with Crippen molar-refractivity contribution in [1.82, 2.24) is 4.90 Å². The maximum Gasteiger partial charge on any atom is 0.416 e. The number of anilines is 2. The maximum absolute atomic E-state index is 13.6. The molecule has 1 unspecified atom stereocenters. The molecular weight excluding hydrogens is 540 g/mol. The molecule has 2 amide bonds. The van der Waals surface area contributed by atoms with Crippen molar-refractivity contribution in [2.45, 2.75) is 46.1 Å². The summed E-state index contributed by atoms with van der Waals surface area (Å²) in [5.41, 5.74) is -2.74. The van der Waals surface area contributed by atoms with Gasteiger partial charge >= 0.3 is 12.4 Å². The van der Waals surface area contributed by atoms with Crippen LogP contribution in [0, 0.1) is 18.3 Å². The van der Waals surface area contributed by atoms with E-state index in [4.69, 9.17) is 4.74 Å². The Bertz CT molecular complexity index is 1240. The first kappa shape index (κ1) is 29.9. The van der Waals surface area contributed by atoms with Crippen molar-refractivity contribution in [1.29, 1.82) is 0 Å². The molecule has 2 fully saturated rings. The first-order chi connectivity index (χ1) is 18.6. The van der Waals surface area contributed by atoms with Gasteiger partial charge in [0.1, 0.15) is 0 Å². The molecule has 4 rings (SSSR count). The number of carbonyl (C=O) groups excluding carboxylic acids is 2. The van der Waals surface area contributed by atoms with Crippen LogP contribution in [0.15, 0.2) is 36.4 Å². The van der Waals surface area contributed by atoms with Gasteiger partial charge in [0.15, 0.2) is 0 Å². The minimum Gasteiger partial charge on any atom is -0.379 e. The highest BCUT2D eigenvalue weighted by Crippen LogP contribution is 2.44. The number of nitrogens with zero attached hydrogens (tertiary/aromatic N) is 2. The van der Waals surface area contributed by atoms with E-state index in [2.05, 4.69) is 10.2 Å². The van der Waals surface area contributed by atoms with Gasteiger partial charge in [0.25, 0.3) is 0 Å². The second-order valence-electron chi connectivity index (χ2n) is 10.7. The van der Waals surface area contributed by atoms with Crippen molar-refractivity contribution < 1.29 is 40.7 Å². The molecule has 2 heterocycles. The number of ether oxygens (including phenoxy) is 1. The minimum atomic E-state index is -5.06. The normalized spacial score (nSPS) is 20.9. The molecule has 0 radical (unpaired) electrons. The average Bonchev–Trinajstić information content (AvgIpc) is 3.22. The van der Waals surface area contributed by atoms with Gasteiger partial charge in [-0.05, 0) is 42.2 Å². The molecule has 1 atom stereocenters. The zero-order valence-corrected chi connectivity index (χ0v) is 22.4. The monoisotopic (exact) mass is 571 g/mol. The second kappa shape index (κ2) is 11.0. The number of para-hydroxylation sites is 1. The van der Waals surface area contributed by atoms with Crippen LogP contribution in [-0.2, 0) is 33.2 Å². The number of nitrogens with one attached hydrogen (secondary N) is 1. The predicted molar refractivity (Wildman–Crippen MR) is 137 cm³/mol. The number of amides is 2. The van der Waals surface area contributed by atoms with Crippen LogP contribution < -0.4 is 10.2 Å². The number of morpholine rings is 1. The molecule has 218 valence electrons. The smallest absolute Gasteiger partial charge is 0.379 e. The van der Waals surface area contributed by atoms with Crippen LogP contribution in [0.25, 0.3) is 0 Å². The summed E-state index contributed by atoms with van der Waals surface area (Å²) in [7, 11) is 0. The molecule has 2 saturated heterocycles. The van der Waals surface area contributed by atoms with Gasteiger partial charge in [-0.3, -0.25) is 14.5 Å². The number of rotatable bonds is 6. The lowest BCUT2D eigenvalue weighted by atomic mass is 9.75. The molecule has 2 aromatic carbocycles. The van der Waals surface area contributed by atoms with E-state index in [1.54, 1.807) is 13.8 Å². The summed E-state index contributed by atoms with van der Waals surface area (Å²) in [6.07, 6.45) is -10.4. The van der Waals surface area contributed by atoms with E-state index in [0.717, 1.165) is 24.2 Å². The van der Waals surface area contributed by atoms with Crippen LogP contribution in [-0.4, -0.2) is 49.6 Å². The first-order valence-electron chi connectivity index (χ1n) is 12.9. The van der Waals surface area contributed by atoms with Crippen molar-refractivity contribution in [2.75, 3.05) is 43.1 Å². The van der Waals surface area contributed by atoms with E-state index in [1.165, 1.54) is 4.90 Å². The zero-order chi connectivity index (χ0) is 29.5. The van der Waals surface area contributed by atoms with Crippen molar-refractivity contribution in [2.24, 2.45) is 11.3 Å². The number of benzene rings is 2. The average molecular weight is 572 g/mol. The Hall–Kier alpha value is -3.12. The number of carbonyl (C=O) groups is 2. The number of hydrogen-bond donors (Lipinski definition) is 1. The fourth-order valence-electron chi connectivity index (χ4n) is 5.31. The SMILES string of the molecule is Cc1cccc(CN2CCOCC2)c1N1CC(C(=O)Nc2cc(C(F)(F)F)cc(C(F)(F)F)c2)(C(C)C)CC1=O. The van der Waals surface area contributed by atoms with Gasteiger partial charge in [0, 0.05) is 38.3 Å². The highest BCUT2D eigenvalue weighted by Gasteiger charge is 2.52. The largest absolute Gasteiger partial charge is 0.416 e. The first-order valence-corrected chi connectivity index (χ1v) is 12.9. The van der Waals surface area contributed by atoms with Gasteiger partial charge < -0.3 is 15.0 Å². The Balaban J connectivity index is 1.66. The lowest BCUT2D eigenvalue weighted by molar-refractivity contribution is -0.143. The standard InChI is InChI=1S/C28H31F6N3O3/c1-17(2)26(25(39)35-22-12-20(27(29,30)31)11-21(13-22)28(32,33)34)14-23(38)37(16-26)24-18(3)5-4-6-19(24)15-36-7-9-40-10-8-36/h4-6,11-13,17H,7-10,14-16H2,1-3H3,(H,35,39). The molecule has 0 aromatic heterocycles. The Kier molecular flexibility index (Phi) is 8.24. The summed E-state index contributed by atoms with van der Waals surface area (Å²) >= 11 is 0. The maximum atomic E-state index is 13.6. The third-order valence-electron chi connectivity index (χ3n) is 7.70. The number of aryl methyl sites for hydroxylation is 1. The molecule has 2 aliphatic heterocycles. The van der Waals surface area contributed by atoms with E-state index in [0.29, 0.717) is 37.6 Å². The van der Waals surface area contributed by atoms with Crippen LogP contribution in [0.3, 0.4) is 0 Å². The molecule has 0 saturated carbocycles. The number of alkyl halides is 6. The lowest BCUT2D eigenvalue weighted by Crippen LogP contribution is -2.43. The second-order valence-corrected chi connectivity index (χ2v) is 10.7. The zero-order valence-electron chi connectivity index (χ0n) is 22.4. The summed E-state index contributed by atoms with van der Waals surface area (Å²) in [5.74, 6) is -1.61. The van der Waals surface area contributed by atoms with Crippen molar-refractivity contribution in [3.05, 3.63) is 58.7 Å². The third kappa shape index (κ3) is 6.12. The highest BCUT2D eigenvalue weighted by molar-refractivity contribution is 6.06. The van der Waals surface area contributed by atoms with Gasteiger partial charge in [0.2, 0.25) is 11.8 Å². The fraction of sp³-hybridized carbons (Fsp3) is 0.500. The summed E-state index contributed by atoms with van der Waals surface area (Å²) in [5, 5.41) is 2.28. The van der Waals surface area contributed by atoms with E-state index >= 15 is 0 Å². The Morgan fingerprint density at radius 3 is 2.17 bits per heavy atom. The molecule has 6 nitrogen and oxygen atoms in total. The van der Waals surface area contributed by atoms with Crippen LogP contribution in [0.1, 0.15) is 42.5 Å².